The number of phosphoric ester groups is 1. The zero-order chi connectivity index (χ0) is 50.6. The molecule has 0 saturated heterocycles. The van der Waals surface area contributed by atoms with Gasteiger partial charge in [0, 0.05) is 6.42 Å². The maximum absolute atomic E-state index is 13.0. The fraction of sp³-hybridized carbons (Fsp3) is 0.750. The van der Waals surface area contributed by atoms with Crippen LogP contribution >= 0.6 is 7.82 Å². The van der Waals surface area contributed by atoms with Crippen LogP contribution in [0, 0.1) is 0 Å². The van der Waals surface area contributed by atoms with Crippen LogP contribution in [0.1, 0.15) is 239 Å². The zero-order valence-electron chi connectivity index (χ0n) is 45.5. The second-order valence-electron chi connectivity index (χ2n) is 20.3. The highest BCUT2D eigenvalue weighted by molar-refractivity contribution is 7.45. The molecule has 0 aliphatic carbocycles. The molecule has 0 aromatic rings. The number of nitrogens with one attached hydrogen (secondary N) is 1. The minimum absolute atomic E-state index is 0.00743. The predicted octanol–water partition coefficient (Wildman–Crippen LogP) is 16.6. The molecule has 0 radical (unpaired) electrons. The summed E-state index contributed by atoms with van der Waals surface area (Å²) in [6.07, 6.45) is 70.3. The van der Waals surface area contributed by atoms with Gasteiger partial charge >= 0.3 is 0 Å². The van der Waals surface area contributed by atoms with Gasteiger partial charge in [-0.1, -0.05) is 247 Å². The Hall–Kier alpha value is -2.32. The van der Waals surface area contributed by atoms with E-state index < -0.39 is 20.0 Å². The van der Waals surface area contributed by atoms with Crippen LogP contribution < -0.4 is 10.2 Å². The van der Waals surface area contributed by atoms with Gasteiger partial charge in [0.25, 0.3) is 7.82 Å². The first kappa shape index (κ1) is 66.7. The second kappa shape index (κ2) is 50.6. The van der Waals surface area contributed by atoms with Crippen LogP contribution in [0.5, 0.6) is 0 Å². The molecule has 69 heavy (non-hydrogen) atoms. The number of aliphatic hydroxyl groups is 1. The zero-order valence-corrected chi connectivity index (χ0v) is 46.4. The summed E-state index contributed by atoms with van der Waals surface area (Å²) in [5.41, 5.74) is 0. The Morgan fingerprint density at radius 1 is 0.522 bits per heavy atom. The number of carbonyl (C=O) groups is 1. The van der Waals surface area contributed by atoms with E-state index in [2.05, 4.69) is 104 Å². The van der Waals surface area contributed by atoms with Crippen molar-refractivity contribution in [2.45, 2.75) is 251 Å². The van der Waals surface area contributed by atoms with Crippen LogP contribution in [-0.2, 0) is 18.4 Å². The summed E-state index contributed by atoms with van der Waals surface area (Å²) in [6.45, 7) is 4.61. The normalized spacial score (nSPS) is 14.6. The first-order chi connectivity index (χ1) is 33.5. The van der Waals surface area contributed by atoms with E-state index in [0.717, 1.165) is 89.9 Å². The van der Waals surface area contributed by atoms with Crippen LogP contribution in [0.3, 0.4) is 0 Å². The molecule has 0 spiro atoms. The fourth-order valence-corrected chi connectivity index (χ4v) is 8.68. The summed E-state index contributed by atoms with van der Waals surface area (Å²) in [5.74, 6) is -0.173. The molecule has 0 aromatic carbocycles. The molecule has 0 bridgehead atoms. The second-order valence-corrected chi connectivity index (χ2v) is 21.7. The lowest BCUT2D eigenvalue weighted by atomic mass is 10.0. The topological polar surface area (TPSA) is 108 Å². The van der Waals surface area contributed by atoms with Gasteiger partial charge in [0.1, 0.15) is 13.2 Å². The highest BCUT2D eigenvalue weighted by Crippen LogP contribution is 2.38. The summed E-state index contributed by atoms with van der Waals surface area (Å²) < 4.78 is 23.4. The molecule has 8 nitrogen and oxygen atoms in total. The Bertz CT molecular complexity index is 1400. The number of aliphatic hydroxyl groups excluding tert-OH is 1. The Labute approximate surface area is 426 Å². The predicted molar refractivity (Wildman–Crippen MR) is 297 cm³/mol. The molecule has 0 aliphatic heterocycles. The largest absolute Gasteiger partial charge is 0.756 e. The molecule has 9 heteroatoms. The van der Waals surface area contributed by atoms with Gasteiger partial charge in [-0.15, -0.1) is 0 Å². The SMILES string of the molecule is CC/C=C\C/C=C\C/C=C\C/C=C\C/C=C\C/C=C\C/C=C\CCCCCCCCCCCC(=O)NC(COP(=O)([O-])OCC[N+](C)(C)C)C(O)CCCCCCCCCCCCCCCCCC. The number of rotatable bonds is 51. The molecule has 0 aromatic heterocycles. The van der Waals surface area contributed by atoms with Crippen molar-refractivity contribution in [2.24, 2.45) is 0 Å². The third kappa shape index (κ3) is 53.3. The van der Waals surface area contributed by atoms with E-state index in [1.807, 2.05) is 21.1 Å². The number of amides is 1. The maximum Gasteiger partial charge on any atom is 0.268 e. The van der Waals surface area contributed by atoms with Gasteiger partial charge in [-0.2, -0.15) is 0 Å². The van der Waals surface area contributed by atoms with Gasteiger partial charge in [0.15, 0.2) is 0 Å². The molecule has 3 unspecified atom stereocenters. The Kier molecular flexibility index (Phi) is 48.9. The number of phosphoric acid groups is 1. The van der Waals surface area contributed by atoms with Crippen LogP contribution in [0.25, 0.3) is 0 Å². The summed E-state index contributed by atoms with van der Waals surface area (Å²) in [4.78, 5) is 25.5. The highest BCUT2D eigenvalue weighted by Gasteiger charge is 2.24. The van der Waals surface area contributed by atoms with Crippen molar-refractivity contribution in [1.82, 2.24) is 5.32 Å². The number of likely N-dealkylation sites (N-methyl/N-ethyl adjacent to an activating group) is 1. The summed E-state index contributed by atoms with van der Waals surface area (Å²) in [7, 11) is 1.29. The summed E-state index contributed by atoms with van der Waals surface area (Å²) in [5, 5.41) is 14.0. The molecule has 0 heterocycles. The number of hydrogen-bond acceptors (Lipinski definition) is 6. The number of hydrogen-bond donors (Lipinski definition) is 2. The van der Waals surface area contributed by atoms with E-state index in [0.29, 0.717) is 23.9 Å². The van der Waals surface area contributed by atoms with E-state index >= 15 is 0 Å². The van der Waals surface area contributed by atoms with Crippen molar-refractivity contribution >= 4 is 13.7 Å². The molecule has 2 N–H and O–H groups in total. The third-order valence-corrected chi connectivity index (χ3v) is 13.4. The van der Waals surface area contributed by atoms with E-state index in [-0.39, 0.29) is 19.1 Å². The van der Waals surface area contributed by atoms with Gasteiger partial charge < -0.3 is 28.8 Å². The van der Waals surface area contributed by atoms with Crippen LogP contribution in [0.15, 0.2) is 85.1 Å². The van der Waals surface area contributed by atoms with Gasteiger partial charge in [-0.25, -0.2) is 0 Å². The lowest BCUT2D eigenvalue weighted by Crippen LogP contribution is -2.46. The Balaban J connectivity index is 4.18. The van der Waals surface area contributed by atoms with Gasteiger partial charge in [-0.3, -0.25) is 9.36 Å². The third-order valence-electron chi connectivity index (χ3n) is 12.4. The number of allylic oxidation sites excluding steroid dienone is 14. The monoisotopic (exact) mass is 985 g/mol. The van der Waals surface area contributed by atoms with Gasteiger partial charge in [0.05, 0.1) is 39.9 Å². The Morgan fingerprint density at radius 3 is 1.29 bits per heavy atom. The number of carbonyl (C=O) groups excluding carboxylic acids is 1. The first-order valence-electron chi connectivity index (χ1n) is 28.4. The van der Waals surface area contributed by atoms with Crippen LogP contribution in [0.4, 0.5) is 0 Å². The number of unbranched alkanes of at least 4 members (excludes halogenated alkanes) is 24. The first-order valence-corrected chi connectivity index (χ1v) is 29.9. The van der Waals surface area contributed by atoms with E-state index in [1.54, 1.807) is 0 Å². The van der Waals surface area contributed by atoms with E-state index in [4.69, 9.17) is 9.05 Å². The van der Waals surface area contributed by atoms with Crippen molar-refractivity contribution in [1.29, 1.82) is 0 Å². The quantitative estimate of drug-likeness (QED) is 0.0272. The molecule has 0 aliphatic rings. The average Bonchev–Trinajstić information content (AvgIpc) is 3.31. The van der Waals surface area contributed by atoms with Gasteiger partial charge in [0.2, 0.25) is 5.91 Å². The van der Waals surface area contributed by atoms with Crippen molar-refractivity contribution in [2.75, 3.05) is 40.9 Å². The number of nitrogens with zero attached hydrogens (tertiary/aromatic N) is 1. The molecule has 0 rings (SSSR count). The lowest BCUT2D eigenvalue weighted by molar-refractivity contribution is -0.870. The number of quaternary nitrogens is 1. The van der Waals surface area contributed by atoms with Crippen molar-refractivity contribution in [3.8, 4) is 0 Å². The molecule has 0 saturated carbocycles. The maximum atomic E-state index is 13.0. The molecular weight excluding hydrogens is 876 g/mol. The average molecular weight is 986 g/mol. The molecule has 1 amide bonds. The fourth-order valence-electron chi connectivity index (χ4n) is 7.96. The molecule has 0 fully saturated rings. The highest BCUT2D eigenvalue weighted by atomic mass is 31.2. The van der Waals surface area contributed by atoms with E-state index in [1.165, 1.54) is 122 Å². The lowest BCUT2D eigenvalue weighted by Gasteiger charge is -2.30. The summed E-state index contributed by atoms with van der Waals surface area (Å²) in [6, 6.07) is -0.809. The van der Waals surface area contributed by atoms with Crippen molar-refractivity contribution < 1.29 is 32.9 Å². The minimum atomic E-state index is -4.58. The van der Waals surface area contributed by atoms with Crippen molar-refractivity contribution in [3.63, 3.8) is 0 Å². The minimum Gasteiger partial charge on any atom is -0.756 e. The van der Waals surface area contributed by atoms with Crippen LogP contribution in [0.2, 0.25) is 0 Å². The molecule has 3 atom stereocenters. The van der Waals surface area contributed by atoms with Gasteiger partial charge in [-0.05, 0) is 70.6 Å². The molecule has 400 valence electrons. The van der Waals surface area contributed by atoms with E-state index in [9.17, 15) is 19.4 Å². The molecular formula is C60H109N2O6P. The van der Waals surface area contributed by atoms with Crippen LogP contribution in [-0.4, -0.2) is 68.5 Å². The van der Waals surface area contributed by atoms with Crippen molar-refractivity contribution in [3.05, 3.63) is 85.1 Å². The Morgan fingerprint density at radius 2 is 0.884 bits per heavy atom. The smallest absolute Gasteiger partial charge is 0.268 e. The standard InChI is InChI=1S/C60H109N2O6P/c1-6-8-10-12-14-16-18-20-22-24-25-26-27-28-29-30-31-32-33-34-35-36-37-38-40-42-44-46-48-50-52-54-60(64)61-58(57-68-69(65,66)67-56-55-62(3,4)5)59(63)53-51-49-47-45-43-41-39-23-21-19-17-15-13-11-9-7-2/h8,10,14,16,20,22,25-26,28-29,31-32,34-35,58-59,63H,6-7,9,11-13,15,17-19,21,23-24,27,30,33,36-57H2,1-5H3,(H-,61,64,65,66)/b10-8-,16-14-,22-20-,26-25-,29-28-,32-31-,35-34-. The summed E-state index contributed by atoms with van der Waals surface area (Å²) >= 11 is 0.